The molecule has 0 fully saturated rings. The first-order chi connectivity index (χ1) is 15.4. The number of phenolic OH excluding ortho intramolecular Hbond substituents is 1. The van der Waals surface area contributed by atoms with Gasteiger partial charge in [0.1, 0.15) is 24.0 Å². The molecule has 0 aliphatic rings. The van der Waals surface area contributed by atoms with Crippen LogP contribution in [0, 0.1) is 11.3 Å². The lowest BCUT2D eigenvalue weighted by molar-refractivity contribution is -0.112. The van der Waals surface area contributed by atoms with Crippen molar-refractivity contribution in [2.75, 3.05) is 12.4 Å². The molecule has 3 rings (SSSR count). The molecule has 0 saturated carbocycles. The summed E-state index contributed by atoms with van der Waals surface area (Å²) in [5.41, 5.74) is 1.87. The maximum atomic E-state index is 12.5. The highest BCUT2D eigenvalue weighted by atomic mass is 79.9. The monoisotopic (exact) mass is 512 g/mol. The number of nitriles is 1. The summed E-state index contributed by atoms with van der Waals surface area (Å²) in [6.45, 7) is 0.305. The third kappa shape index (κ3) is 6.03. The van der Waals surface area contributed by atoms with Crippen LogP contribution in [0.3, 0.4) is 0 Å². The second kappa shape index (κ2) is 10.7. The number of aromatic hydroxyl groups is 1. The molecule has 2 N–H and O–H groups in total. The van der Waals surface area contributed by atoms with Crippen LogP contribution >= 0.6 is 27.5 Å². The smallest absolute Gasteiger partial charge is 0.266 e. The van der Waals surface area contributed by atoms with E-state index in [4.69, 9.17) is 21.1 Å². The SMILES string of the molecule is COc1cc(/C=C(/C#N)C(=O)Nc2ccc(O)cc2)cc(Br)c1OCc1ccc(Cl)cc1. The Kier molecular flexibility index (Phi) is 7.77. The van der Waals surface area contributed by atoms with Crippen molar-refractivity contribution in [1.29, 1.82) is 5.26 Å². The molecule has 0 atom stereocenters. The second-order valence-corrected chi connectivity index (χ2v) is 7.91. The Hall–Kier alpha value is -3.47. The summed E-state index contributed by atoms with van der Waals surface area (Å²) >= 11 is 9.38. The lowest BCUT2D eigenvalue weighted by Gasteiger charge is -2.14. The normalized spacial score (nSPS) is 10.9. The van der Waals surface area contributed by atoms with Gasteiger partial charge in [-0.15, -0.1) is 0 Å². The summed E-state index contributed by atoms with van der Waals surface area (Å²) in [5.74, 6) is 0.438. The molecule has 0 aromatic heterocycles. The van der Waals surface area contributed by atoms with Gasteiger partial charge in [0.25, 0.3) is 5.91 Å². The van der Waals surface area contributed by atoms with Crippen molar-refractivity contribution in [3.8, 4) is 23.3 Å². The summed E-state index contributed by atoms with van der Waals surface area (Å²) in [7, 11) is 1.51. The van der Waals surface area contributed by atoms with Crippen LogP contribution in [0.4, 0.5) is 5.69 Å². The average Bonchev–Trinajstić information content (AvgIpc) is 2.79. The molecule has 0 spiro atoms. The number of phenols is 1. The number of nitrogens with one attached hydrogen (secondary N) is 1. The number of hydrogen-bond donors (Lipinski definition) is 2. The zero-order chi connectivity index (χ0) is 23.1. The fourth-order valence-corrected chi connectivity index (χ4v) is 3.46. The van der Waals surface area contributed by atoms with Crippen molar-refractivity contribution in [2.45, 2.75) is 6.61 Å². The summed E-state index contributed by atoms with van der Waals surface area (Å²) < 4.78 is 12.0. The predicted octanol–water partition coefficient (Wildman–Crippen LogP) is 5.94. The number of rotatable bonds is 7. The summed E-state index contributed by atoms with van der Waals surface area (Å²) in [4.78, 5) is 12.5. The first kappa shape index (κ1) is 23.2. The Morgan fingerprint density at radius 2 is 1.88 bits per heavy atom. The number of carbonyl (C=O) groups is 1. The average molecular weight is 514 g/mol. The fourth-order valence-electron chi connectivity index (χ4n) is 2.76. The second-order valence-electron chi connectivity index (χ2n) is 6.62. The number of amides is 1. The molecule has 6 nitrogen and oxygen atoms in total. The molecule has 0 unspecified atom stereocenters. The van der Waals surface area contributed by atoms with Crippen molar-refractivity contribution < 1.29 is 19.4 Å². The highest BCUT2D eigenvalue weighted by Crippen LogP contribution is 2.38. The van der Waals surface area contributed by atoms with Crippen molar-refractivity contribution in [1.82, 2.24) is 0 Å². The van der Waals surface area contributed by atoms with Gasteiger partial charge in [0.15, 0.2) is 11.5 Å². The number of ether oxygens (including phenoxy) is 2. The van der Waals surface area contributed by atoms with Crippen LogP contribution in [0.25, 0.3) is 6.08 Å². The topological polar surface area (TPSA) is 91.6 Å². The highest BCUT2D eigenvalue weighted by Gasteiger charge is 2.14. The van der Waals surface area contributed by atoms with Crippen LogP contribution in [0.2, 0.25) is 5.02 Å². The Bertz CT molecular complexity index is 1190. The standard InChI is InChI=1S/C24H18BrClN2O4/c1-31-22-12-16(10-17(13-27)24(30)28-19-6-8-20(29)9-7-19)11-21(25)23(22)32-14-15-2-4-18(26)5-3-15/h2-12,29H,14H2,1H3,(H,28,30)/b17-10-. The van der Waals surface area contributed by atoms with Gasteiger partial charge in [-0.3, -0.25) is 4.79 Å². The molecule has 1 amide bonds. The van der Waals surface area contributed by atoms with Gasteiger partial charge >= 0.3 is 0 Å². The van der Waals surface area contributed by atoms with Crippen LogP contribution in [-0.2, 0) is 11.4 Å². The molecule has 3 aromatic rings. The van der Waals surface area contributed by atoms with E-state index in [0.717, 1.165) is 5.56 Å². The molecule has 0 radical (unpaired) electrons. The quantitative estimate of drug-likeness (QED) is 0.232. The van der Waals surface area contributed by atoms with Crippen molar-refractivity contribution >= 4 is 45.2 Å². The number of halogens is 2. The van der Waals surface area contributed by atoms with E-state index in [1.165, 1.54) is 37.5 Å². The number of nitrogens with zero attached hydrogens (tertiary/aromatic N) is 1. The third-order valence-electron chi connectivity index (χ3n) is 4.35. The van der Waals surface area contributed by atoms with Gasteiger partial charge in [-0.05, 0) is 81.7 Å². The van der Waals surface area contributed by atoms with E-state index in [1.54, 1.807) is 24.3 Å². The number of anilines is 1. The first-order valence-electron chi connectivity index (χ1n) is 9.36. The number of benzene rings is 3. The molecule has 162 valence electrons. The zero-order valence-electron chi connectivity index (χ0n) is 16.9. The Balaban J connectivity index is 1.80. The zero-order valence-corrected chi connectivity index (χ0v) is 19.3. The van der Waals surface area contributed by atoms with Crippen LogP contribution in [0.15, 0.2) is 70.7 Å². The lowest BCUT2D eigenvalue weighted by atomic mass is 10.1. The molecule has 0 saturated heterocycles. The van der Waals surface area contributed by atoms with Gasteiger partial charge in [0.05, 0.1) is 11.6 Å². The van der Waals surface area contributed by atoms with Crippen LogP contribution in [-0.4, -0.2) is 18.1 Å². The molecule has 32 heavy (non-hydrogen) atoms. The van der Waals surface area contributed by atoms with E-state index < -0.39 is 5.91 Å². The first-order valence-corrected chi connectivity index (χ1v) is 10.5. The predicted molar refractivity (Wildman–Crippen MR) is 127 cm³/mol. The molecule has 0 aliphatic carbocycles. The minimum atomic E-state index is -0.573. The summed E-state index contributed by atoms with van der Waals surface area (Å²) in [6, 6.07) is 18.6. The van der Waals surface area contributed by atoms with Gasteiger partial charge in [-0.2, -0.15) is 5.26 Å². The van der Waals surface area contributed by atoms with E-state index in [9.17, 15) is 15.2 Å². The van der Waals surface area contributed by atoms with Gasteiger partial charge in [0.2, 0.25) is 0 Å². The summed E-state index contributed by atoms with van der Waals surface area (Å²) in [6.07, 6.45) is 1.45. The number of methoxy groups -OCH3 is 1. The van der Waals surface area contributed by atoms with E-state index in [-0.39, 0.29) is 11.3 Å². The minimum Gasteiger partial charge on any atom is -0.508 e. The van der Waals surface area contributed by atoms with Crippen LogP contribution in [0.1, 0.15) is 11.1 Å². The maximum absolute atomic E-state index is 12.5. The van der Waals surface area contributed by atoms with Gasteiger partial charge in [0, 0.05) is 10.7 Å². The molecule has 0 aliphatic heterocycles. The van der Waals surface area contributed by atoms with E-state index in [2.05, 4.69) is 21.2 Å². The van der Waals surface area contributed by atoms with E-state index in [1.807, 2.05) is 18.2 Å². The number of hydrogen-bond acceptors (Lipinski definition) is 5. The molecule has 0 bridgehead atoms. The van der Waals surface area contributed by atoms with E-state index in [0.29, 0.717) is 38.9 Å². The highest BCUT2D eigenvalue weighted by molar-refractivity contribution is 9.10. The van der Waals surface area contributed by atoms with Gasteiger partial charge in [-0.1, -0.05) is 23.7 Å². The Morgan fingerprint density at radius 3 is 2.50 bits per heavy atom. The number of carbonyl (C=O) groups excluding carboxylic acids is 1. The van der Waals surface area contributed by atoms with Gasteiger partial charge in [-0.25, -0.2) is 0 Å². The molecule has 0 heterocycles. The lowest BCUT2D eigenvalue weighted by Crippen LogP contribution is -2.13. The third-order valence-corrected chi connectivity index (χ3v) is 5.19. The Morgan fingerprint density at radius 1 is 1.19 bits per heavy atom. The molecule has 8 heteroatoms. The fraction of sp³-hybridized carbons (Fsp3) is 0.0833. The molecule has 3 aromatic carbocycles. The maximum Gasteiger partial charge on any atom is 0.266 e. The minimum absolute atomic E-state index is 0.0781. The summed E-state index contributed by atoms with van der Waals surface area (Å²) in [5, 5.41) is 22.1. The largest absolute Gasteiger partial charge is 0.508 e. The van der Waals surface area contributed by atoms with Crippen molar-refractivity contribution in [3.63, 3.8) is 0 Å². The van der Waals surface area contributed by atoms with E-state index >= 15 is 0 Å². The molecular weight excluding hydrogens is 496 g/mol. The van der Waals surface area contributed by atoms with Crippen LogP contribution in [0.5, 0.6) is 17.2 Å². The van der Waals surface area contributed by atoms with Gasteiger partial charge < -0.3 is 19.9 Å². The molecular formula is C24H18BrClN2O4. The van der Waals surface area contributed by atoms with Crippen molar-refractivity contribution in [2.24, 2.45) is 0 Å². The van der Waals surface area contributed by atoms with Crippen LogP contribution < -0.4 is 14.8 Å². The Labute approximate surface area is 198 Å². The van der Waals surface area contributed by atoms with Crippen molar-refractivity contribution in [3.05, 3.63) is 86.9 Å².